The SMILES string of the molecule is C.C.C.C=C(C)c1cnc(C)cn1.C=[C-]C.CCc1cnc([C@](C)(O)CO)cn1.CCc1cnc([C@](C)(O)COS(C)(=O)=O)cn1.CS(=O)(=O)Cl.C[C@@](O)(CO)c1cnccn1.Cc1cnc(Cl)cn1.FB(F)F.O=C=O.O=C=O.O=C=O.O=C=O.O=C=O.[K+]. The van der Waals surface area contributed by atoms with Crippen LogP contribution in [-0.4, -0.2) is 163 Å². The Kier molecular flexibility index (Phi) is 84.5. The molecule has 39 heteroatoms. The number of hydrogen-bond donors (Lipinski definition) is 5. The number of aryl methyl sites for hydroxylation is 4. The molecule has 0 radical (unpaired) electrons. The fraction of sp³-hybridized carbons (Fsp3) is 0.431. The van der Waals surface area contributed by atoms with Crippen molar-refractivity contribution in [1.29, 1.82) is 0 Å². The van der Waals surface area contributed by atoms with E-state index in [1.165, 1.54) is 58.0 Å². The van der Waals surface area contributed by atoms with Crippen molar-refractivity contribution in [3.63, 3.8) is 0 Å². The molecule has 5 aromatic heterocycles. The number of halogens is 5. The molecule has 0 spiro atoms. The zero-order valence-corrected chi connectivity index (χ0v) is 55.2. The summed E-state index contributed by atoms with van der Waals surface area (Å²) in [5.74, 6) is 0. The average molecular weight is 1390 g/mol. The van der Waals surface area contributed by atoms with Gasteiger partial charge in [0.1, 0.15) is 28.6 Å². The van der Waals surface area contributed by atoms with Gasteiger partial charge in [-0.1, -0.05) is 54.3 Å². The molecule has 3 atom stereocenters. The number of allylic oxidation sites excluding steroid dienone is 2. The fourth-order valence-corrected chi connectivity index (χ4v) is 4.20. The second kappa shape index (κ2) is 68.4. The predicted octanol–water partition coefficient (Wildman–Crippen LogP) is 1.45. The maximum Gasteiger partial charge on any atom is 1.00 e. The number of aromatic nitrogens is 10. The second-order valence-corrected chi connectivity index (χ2v) is 20.3. The monoisotopic (exact) mass is 1390 g/mol. The topological polar surface area (TPSA) is 478 Å². The summed E-state index contributed by atoms with van der Waals surface area (Å²) in [5.41, 5.74) is 2.30. The fourth-order valence-electron chi connectivity index (χ4n) is 3.66. The minimum Gasteiger partial charge on any atom is -0.507 e. The zero-order valence-electron chi connectivity index (χ0n) is 48.9. The minimum absolute atomic E-state index is 0. The molecule has 0 unspecified atom stereocenters. The Balaban J connectivity index is -0.0000000767. The molecule has 5 N–H and O–H groups in total. The van der Waals surface area contributed by atoms with Crippen LogP contribution in [0.4, 0.5) is 12.9 Å². The van der Waals surface area contributed by atoms with Gasteiger partial charge in [-0.25, -0.2) is 13.4 Å². The van der Waals surface area contributed by atoms with Gasteiger partial charge in [0.2, 0.25) is 9.05 Å². The number of carbonyl (C=O) groups excluding carboxylic acids is 10. The molecular formula is C51H75BCl2F3KN10O20S2. The Hall–Kier alpha value is -6.49. The first kappa shape index (κ1) is 111. The van der Waals surface area contributed by atoms with Gasteiger partial charge in [-0.15, -0.1) is 0 Å². The van der Waals surface area contributed by atoms with Crippen LogP contribution in [0.1, 0.15) is 116 Å². The molecule has 0 aliphatic carbocycles. The van der Waals surface area contributed by atoms with Crippen LogP contribution in [0.15, 0.2) is 81.3 Å². The van der Waals surface area contributed by atoms with Gasteiger partial charge in [-0.05, 0) is 60.0 Å². The molecule has 0 saturated heterocycles. The van der Waals surface area contributed by atoms with E-state index in [1.807, 2.05) is 34.6 Å². The third-order valence-corrected chi connectivity index (χ3v) is 8.23. The zero-order chi connectivity index (χ0) is 69.2. The van der Waals surface area contributed by atoms with Crippen molar-refractivity contribution >= 4 is 85.3 Å². The minimum atomic E-state index is -3.67. The molecule has 0 fully saturated rings. The van der Waals surface area contributed by atoms with Gasteiger partial charge in [0.15, 0.2) is 0 Å². The van der Waals surface area contributed by atoms with Crippen molar-refractivity contribution in [3.8, 4) is 0 Å². The van der Waals surface area contributed by atoms with Crippen LogP contribution in [0.5, 0.6) is 0 Å². The quantitative estimate of drug-likeness (QED) is 0.0540. The largest absolute Gasteiger partial charge is 1.00 e. The number of nitrogens with zero attached hydrogens (tertiary/aromatic N) is 10. The first-order valence-corrected chi connectivity index (χ1v) is 27.4. The molecule has 5 rings (SSSR count). The van der Waals surface area contributed by atoms with E-state index in [0.29, 0.717) is 16.5 Å². The average Bonchev–Trinajstić information content (AvgIpc) is 3.61. The summed E-state index contributed by atoms with van der Waals surface area (Å²) in [6.07, 6.45) is 24.3. The van der Waals surface area contributed by atoms with E-state index in [-0.39, 0.29) is 130 Å². The van der Waals surface area contributed by atoms with Gasteiger partial charge in [-0.3, -0.25) is 68.6 Å². The third kappa shape index (κ3) is 81.5. The van der Waals surface area contributed by atoms with Gasteiger partial charge in [0.05, 0.1) is 102 Å². The van der Waals surface area contributed by atoms with E-state index < -0.39 is 43.5 Å². The molecule has 0 amide bonds. The molecule has 5 heterocycles. The smallest absolute Gasteiger partial charge is 0.507 e. The summed E-state index contributed by atoms with van der Waals surface area (Å²) in [6.45, 7) is 21.7. The van der Waals surface area contributed by atoms with Gasteiger partial charge in [-0.2, -0.15) is 63.3 Å². The Morgan fingerprint density at radius 2 is 0.911 bits per heavy atom. The van der Waals surface area contributed by atoms with Crippen LogP contribution in [0.25, 0.3) is 5.57 Å². The molecule has 500 valence electrons. The van der Waals surface area contributed by atoms with Crippen LogP contribution in [-0.2, 0) is 101 Å². The van der Waals surface area contributed by atoms with Crippen LogP contribution < -0.4 is 51.4 Å². The van der Waals surface area contributed by atoms with Crippen molar-refractivity contribution in [3.05, 3.63) is 138 Å². The van der Waals surface area contributed by atoms with Gasteiger partial charge >= 0.3 is 89.7 Å². The molecule has 0 bridgehead atoms. The molecule has 5 aromatic rings. The van der Waals surface area contributed by atoms with Crippen LogP contribution >= 0.6 is 22.3 Å². The maximum atomic E-state index is 10.8. The molecule has 0 aliphatic rings. The molecule has 0 aromatic carbocycles. The van der Waals surface area contributed by atoms with Crippen molar-refractivity contribution in [1.82, 2.24) is 49.8 Å². The van der Waals surface area contributed by atoms with E-state index in [9.17, 15) is 45.1 Å². The van der Waals surface area contributed by atoms with Crippen LogP contribution in [0.3, 0.4) is 0 Å². The summed E-state index contributed by atoms with van der Waals surface area (Å²) in [5, 5.41) is 47.1. The summed E-state index contributed by atoms with van der Waals surface area (Å²) < 4.78 is 74.0. The summed E-state index contributed by atoms with van der Waals surface area (Å²) in [4.78, 5) is 121. The number of aliphatic hydroxyl groups is 5. The van der Waals surface area contributed by atoms with Gasteiger partial charge < -0.3 is 31.6 Å². The maximum absolute atomic E-state index is 10.8. The molecule has 0 saturated carbocycles. The molecule has 0 aliphatic heterocycles. The normalized spacial score (nSPS) is 10.5. The van der Waals surface area contributed by atoms with Crippen molar-refractivity contribution < 1.29 is 159 Å². The molecule has 30 nitrogen and oxygen atoms in total. The summed E-state index contributed by atoms with van der Waals surface area (Å²) >= 11 is 5.44. The Morgan fingerprint density at radius 1 is 0.600 bits per heavy atom. The van der Waals surface area contributed by atoms with E-state index in [1.54, 1.807) is 37.9 Å². The van der Waals surface area contributed by atoms with Crippen molar-refractivity contribution in [2.45, 2.75) is 114 Å². The van der Waals surface area contributed by atoms with Crippen LogP contribution in [0, 0.1) is 19.9 Å². The predicted molar refractivity (Wildman–Crippen MR) is 311 cm³/mol. The van der Waals surface area contributed by atoms with E-state index in [4.69, 9.17) is 69.8 Å². The second-order valence-electron chi connectivity index (χ2n) is 15.2. The summed E-state index contributed by atoms with van der Waals surface area (Å²) in [6, 6.07) is 0. The van der Waals surface area contributed by atoms with E-state index in [2.05, 4.69) is 83.9 Å². The first-order valence-electron chi connectivity index (χ1n) is 22.5. The molecule has 90 heavy (non-hydrogen) atoms. The Labute approximate surface area is 574 Å². The summed E-state index contributed by atoms with van der Waals surface area (Å²) in [7, 11) is -5.95. The Bertz CT molecular complexity index is 2870. The van der Waals surface area contributed by atoms with E-state index in [0.717, 1.165) is 59.4 Å². The van der Waals surface area contributed by atoms with Crippen molar-refractivity contribution in [2.75, 3.05) is 32.3 Å². The third-order valence-electron chi connectivity index (χ3n) is 7.49. The standard InChI is InChI=1S/C10H16N2O4S.C9H14N2O2.C8H10N2.C7H10N2O2.C5H5ClN2.C3H5.CH3ClO2S.5CO2.3CH4.BF3.K/c1-4-8-5-12-9(6-11-8)10(2,13)7-16-17(3,14)15;1-3-7-4-11-8(5-10-7)9(2,13)6-12;1-6(2)8-5-9-7(3)4-10-8;1-7(11,5-10)6-4-8-2-3-9-6;1-4-2-8-5(6)3-7-4;1-3-2;1-5(2,3)4;5*2-1-3;;;;2-1(3)4;/h5-6,13H,4,7H2,1-3H3;4-5,12-13H,3,6H2,1-2H3;4-5H,1H2,2-3H3;2-4,10-11H,5H2,1H3;2-3H,1H3;1H2,2H3;1H3;;;;;;3*1H4;;/q;;;;;-1;;;;;;;;;;;+1/t10-;9-;;7-;;;;;;;;;;;;;/m11.1............./s1. The molecular weight excluding hydrogens is 1310 g/mol. The van der Waals surface area contributed by atoms with Crippen LogP contribution in [0.2, 0.25) is 5.15 Å². The number of aliphatic hydroxyl groups excluding tert-OH is 2. The van der Waals surface area contributed by atoms with Crippen molar-refractivity contribution in [2.24, 2.45) is 0 Å². The Morgan fingerprint density at radius 3 is 1.12 bits per heavy atom. The van der Waals surface area contributed by atoms with E-state index >= 15 is 0 Å². The number of rotatable bonds is 11. The number of hydrogen-bond acceptors (Lipinski definition) is 30. The first-order chi connectivity index (χ1) is 39.7. The van der Waals surface area contributed by atoms with Gasteiger partial charge in [0.25, 0.3) is 10.1 Å². The van der Waals surface area contributed by atoms with Gasteiger partial charge in [0, 0.05) is 47.9 Å².